The number of likely N-dealkylation sites (tertiary alicyclic amines) is 1. The Morgan fingerprint density at radius 3 is 2.42 bits per heavy atom. The first-order valence-electron chi connectivity index (χ1n) is 7.54. The Morgan fingerprint density at radius 2 is 1.84 bits per heavy atom. The molecule has 106 valence electrons. The third kappa shape index (κ3) is 3.80. The van der Waals surface area contributed by atoms with Crippen molar-refractivity contribution in [2.75, 3.05) is 13.1 Å². The summed E-state index contributed by atoms with van der Waals surface area (Å²) in [5, 5.41) is 0. The molecule has 1 aromatic carbocycles. The maximum atomic E-state index is 5.89. The van der Waals surface area contributed by atoms with Crippen molar-refractivity contribution in [3.05, 3.63) is 35.4 Å². The van der Waals surface area contributed by atoms with Gasteiger partial charge in [0.2, 0.25) is 0 Å². The van der Waals surface area contributed by atoms with Crippen molar-refractivity contribution in [1.29, 1.82) is 0 Å². The zero-order valence-corrected chi connectivity index (χ0v) is 12.7. The van der Waals surface area contributed by atoms with E-state index in [-0.39, 0.29) is 5.41 Å². The van der Waals surface area contributed by atoms with Crippen molar-refractivity contribution in [3.8, 4) is 0 Å². The van der Waals surface area contributed by atoms with Crippen LogP contribution in [0.25, 0.3) is 0 Å². The predicted octanol–water partition coefficient (Wildman–Crippen LogP) is 3.30. The lowest BCUT2D eigenvalue weighted by Gasteiger charge is -2.35. The molecule has 1 aromatic rings. The largest absolute Gasteiger partial charge is 0.329 e. The molecule has 19 heavy (non-hydrogen) atoms. The molecule has 0 aromatic heterocycles. The Balaban J connectivity index is 2.02. The molecular formula is C17H28N2. The third-order valence-corrected chi connectivity index (χ3v) is 4.23. The summed E-state index contributed by atoms with van der Waals surface area (Å²) in [6.45, 7) is 9.82. The van der Waals surface area contributed by atoms with Crippen LogP contribution in [0.3, 0.4) is 0 Å². The smallest absolute Gasteiger partial charge is 0.0237 e. The number of hydrogen-bond donors (Lipinski definition) is 1. The maximum absolute atomic E-state index is 5.89. The van der Waals surface area contributed by atoms with Crippen LogP contribution in [0, 0.1) is 0 Å². The van der Waals surface area contributed by atoms with Gasteiger partial charge in [-0.1, -0.05) is 51.5 Å². The zero-order valence-electron chi connectivity index (χ0n) is 12.7. The van der Waals surface area contributed by atoms with Gasteiger partial charge in [-0.3, -0.25) is 4.90 Å². The molecule has 0 radical (unpaired) electrons. The normalized spacial score (nSPS) is 21.6. The fourth-order valence-corrected chi connectivity index (χ4v) is 2.88. The van der Waals surface area contributed by atoms with Crippen LogP contribution in [0.2, 0.25) is 0 Å². The maximum Gasteiger partial charge on any atom is 0.0237 e. The number of benzene rings is 1. The minimum atomic E-state index is 0.240. The van der Waals surface area contributed by atoms with E-state index in [0.29, 0.717) is 6.04 Å². The molecular weight excluding hydrogens is 232 g/mol. The van der Waals surface area contributed by atoms with Crippen LogP contribution in [-0.4, -0.2) is 24.0 Å². The molecule has 1 saturated heterocycles. The highest BCUT2D eigenvalue weighted by atomic mass is 15.2. The van der Waals surface area contributed by atoms with Crippen LogP contribution in [0.1, 0.15) is 51.2 Å². The van der Waals surface area contributed by atoms with Gasteiger partial charge in [0.05, 0.1) is 0 Å². The van der Waals surface area contributed by atoms with Crippen molar-refractivity contribution in [1.82, 2.24) is 4.90 Å². The Hall–Kier alpha value is -0.860. The summed E-state index contributed by atoms with van der Waals surface area (Å²) >= 11 is 0. The van der Waals surface area contributed by atoms with Gasteiger partial charge >= 0.3 is 0 Å². The lowest BCUT2D eigenvalue weighted by molar-refractivity contribution is 0.145. The van der Waals surface area contributed by atoms with Crippen LogP contribution in [0.5, 0.6) is 0 Å². The molecule has 1 fully saturated rings. The van der Waals surface area contributed by atoms with Gasteiger partial charge in [-0.05, 0) is 35.9 Å². The van der Waals surface area contributed by atoms with Gasteiger partial charge in [-0.2, -0.15) is 0 Å². The van der Waals surface area contributed by atoms with Gasteiger partial charge in [-0.15, -0.1) is 0 Å². The van der Waals surface area contributed by atoms with Crippen LogP contribution in [-0.2, 0) is 12.0 Å². The standard InChI is InChI=1S/C17H28N2/c1-17(2,3)15-9-7-14(8-10-15)13-19-11-5-4-6-16(19)12-18/h7-10,16H,4-6,11-13,18H2,1-3H3. The molecule has 0 aliphatic carbocycles. The summed E-state index contributed by atoms with van der Waals surface area (Å²) in [7, 11) is 0. The molecule has 2 nitrogen and oxygen atoms in total. The monoisotopic (exact) mass is 260 g/mol. The van der Waals surface area contributed by atoms with Gasteiger partial charge in [0, 0.05) is 19.1 Å². The van der Waals surface area contributed by atoms with Gasteiger partial charge in [0.25, 0.3) is 0 Å². The molecule has 0 spiro atoms. The Kier molecular flexibility index (Phi) is 4.64. The molecule has 1 aliphatic heterocycles. The van der Waals surface area contributed by atoms with E-state index >= 15 is 0 Å². The fraction of sp³-hybridized carbons (Fsp3) is 0.647. The van der Waals surface area contributed by atoms with Gasteiger partial charge in [0.15, 0.2) is 0 Å². The molecule has 0 amide bonds. The minimum Gasteiger partial charge on any atom is -0.329 e. The highest BCUT2D eigenvalue weighted by molar-refractivity contribution is 5.27. The van der Waals surface area contributed by atoms with Crippen LogP contribution >= 0.6 is 0 Å². The first-order valence-corrected chi connectivity index (χ1v) is 7.54. The predicted molar refractivity (Wildman–Crippen MR) is 82.2 cm³/mol. The average Bonchev–Trinajstić information content (AvgIpc) is 2.39. The van der Waals surface area contributed by atoms with Gasteiger partial charge in [-0.25, -0.2) is 0 Å². The number of rotatable bonds is 3. The lowest BCUT2D eigenvalue weighted by Crippen LogP contribution is -2.43. The molecule has 1 heterocycles. The molecule has 2 N–H and O–H groups in total. The lowest BCUT2D eigenvalue weighted by atomic mass is 9.86. The molecule has 1 unspecified atom stereocenters. The first kappa shape index (κ1) is 14.5. The molecule has 1 atom stereocenters. The average molecular weight is 260 g/mol. The van der Waals surface area contributed by atoms with Crippen LogP contribution < -0.4 is 5.73 Å². The van der Waals surface area contributed by atoms with E-state index in [9.17, 15) is 0 Å². The Bertz CT molecular complexity index is 389. The Labute approximate surface area is 118 Å². The highest BCUT2D eigenvalue weighted by Gasteiger charge is 2.21. The number of hydrogen-bond acceptors (Lipinski definition) is 2. The van der Waals surface area contributed by atoms with Crippen molar-refractivity contribution < 1.29 is 0 Å². The summed E-state index contributed by atoms with van der Waals surface area (Å²) in [5.74, 6) is 0. The SMILES string of the molecule is CC(C)(C)c1ccc(CN2CCCCC2CN)cc1. The van der Waals surface area contributed by atoms with E-state index in [1.54, 1.807) is 0 Å². The number of nitrogens with two attached hydrogens (primary N) is 1. The molecule has 2 rings (SSSR count). The van der Waals surface area contributed by atoms with Crippen molar-refractivity contribution >= 4 is 0 Å². The van der Waals surface area contributed by atoms with Gasteiger partial charge in [0.1, 0.15) is 0 Å². The third-order valence-electron chi connectivity index (χ3n) is 4.23. The Morgan fingerprint density at radius 1 is 1.16 bits per heavy atom. The molecule has 1 aliphatic rings. The van der Waals surface area contributed by atoms with Crippen molar-refractivity contribution in [2.45, 2.75) is 58.0 Å². The summed E-state index contributed by atoms with van der Waals surface area (Å²) in [6, 6.07) is 9.69. The van der Waals surface area contributed by atoms with E-state index in [1.165, 1.54) is 36.9 Å². The van der Waals surface area contributed by atoms with E-state index in [0.717, 1.165) is 13.1 Å². The molecule has 0 saturated carbocycles. The molecule has 2 heteroatoms. The second-order valence-electron chi connectivity index (χ2n) is 6.80. The number of nitrogens with zero attached hydrogens (tertiary/aromatic N) is 1. The minimum absolute atomic E-state index is 0.240. The first-order chi connectivity index (χ1) is 9.00. The quantitative estimate of drug-likeness (QED) is 0.903. The highest BCUT2D eigenvalue weighted by Crippen LogP contribution is 2.24. The fourth-order valence-electron chi connectivity index (χ4n) is 2.88. The van der Waals surface area contributed by atoms with Gasteiger partial charge < -0.3 is 5.73 Å². The van der Waals surface area contributed by atoms with Crippen LogP contribution in [0.15, 0.2) is 24.3 Å². The summed E-state index contributed by atoms with van der Waals surface area (Å²) in [6.07, 6.45) is 3.91. The molecule has 0 bridgehead atoms. The second-order valence-corrected chi connectivity index (χ2v) is 6.80. The topological polar surface area (TPSA) is 29.3 Å². The summed E-state index contributed by atoms with van der Waals surface area (Å²) in [5.41, 5.74) is 8.94. The van der Waals surface area contributed by atoms with Crippen molar-refractivity contribution in [2.24, 2.45) is 5.73 Å². The van der Waals surface area contributed by atoms with E-state index < -0.39 is 0 Å². The summed E-state index contributed by atoms with van der Waals surface area (Å²) < 4.78 is 0. The second kappa shape index (κ2) is 6.06. The number of piperidine rings is 1. The van der Waals surface area contributed by atoms with E-state index in [2.05, 4.69) is 49.9 Å². The van der Waals surface area contributed by atoms with E-state index in [4.69, 9.17) is 5.73 Å². The van der Waals surface area contributed by atoms with Crippen molar-refractivity contribution in [3.63, 3.8) is 0 Å². The van der Waals surface area contributed by atoms with E-state index in [1.807, 2.05) is 0 Å². The van der Waals surface area contributed by atoms with Crippen LogP contribution in [0.4, 0.5) is 0 Å². The zero-order chi connectivity index (χ0) is 13.9. The summed E-state index contributed by atoms with van der Waals surface area (Å²) in [4.78, 5) is 2.55.